The minimum atomic E-state index is 0.0543. The minimum absolute atomic E-state index is 0.0543. The van der Waals surface area contributed by atoms with Crippen molar-refractivity contribution in [3.05, 3.63) is 78.0 Å². The highest BCUT2D eigenvalue weighted by molar-refractivity contribution is 5.98. The maximum atomic E-state index is 4.90. The predicted molar refractivity (Wildman–Crippen MR) is 150 cm³/mol. The lowest BCUT2D eigenvalue weighted by Gasteiger charge is -2.46. The summed E-state index contributed by atoms with van der Waals surface area (Å²) >= 11 is 0. The zero-order valence-corrected chi connectivity index (χ0v) is 22.5. The van der Waals surface area contributed by atoms with E-state index in [1.54, 1.807) is 0 Å². The van der Waals surface area contributed by atoms with Gasteiger partial charge in [0.1, 0.15) is 0 Å². The standard InChI is InChI=1S/C33H41N/c1-21(2)33(22(3)4,23(5)6)27-14-15-29-25(19-27)16-17-34-31(29)26-18-24-12-10-11-13-28(24)30(20-26)32(7,8)9/h10-23H,1-9H3. The van der Waals surface area contributed by atoms with E-state index in [2.05, 4.69) is 123 Å². The summed E-state index contributed by atoms with van der Waals surface area (Å²) in [6, 6.07) is 22.7. The van der Waals surface area contributed by atoms with Crippen molar-refractivity contribution in [3.63, 3.8) is 0 Å². The molecule has 178 valence electrons. The Hall–Kier alpha value is -2.67. The molecular weight excluding hydrogens is 410 g/mol. The van der Waals surface area contributed by atoms with E-state index in [9.17, 15) is 0 Å². The zero-order chi connectivity index (χ0) is 24.8. The van der Waals surface area contributed by atoms with Crippen molar-refractivity contribution in [3.8, 4) is 11.3 Å². The number of hydrogen-bond donors (Lipinski definition) is 0. The molecule has 34 heavy (non-hydrogen) atoms. The van der Waals surface area contributed by atoms with Crippen LogP contribution in [0.25, 0.3) is 32.8 Å². The molecule has 0 amide bonds. The highest BCUT2D eigenvalue weighted by Crippen LogP contribution is 2.46. The van der Waals surface area contributed by atoms with Crippen LogP contribution >= 0.6 is 0 Å². The molecule has 0 bridgehead atoms. The Morgan fingerprint density at radius 3 is 1.88 bits per heavy atom. The number of fused-ring (bicyclic) bond motifs is 2. The number of hydrogen-bond acceptors (Lipinski definition) is 1. The van der Waals surface area contributed by atoms with Crippen LogP contribution in [0.4, 0.5) is 0 Å². The highest BCUT2D eigenvalue weighted by atomic mass is 14.7. The molecule has 4 rings (SSSR count). The second kappa shape index (κ2) is 8.84. The SMILES string of the molecule is CC(C)C(c1ccc2c(-c3cc(C(C)(C)C)c4ccccc4c3)nccc2c1)(C(C)C)C(C)C. The Bertz CT molecular complexity index is 1300. The van der Waals surface area contributed by atoms with Gasteiger partial charge in [0.05, 0.1) is 5.69 Å². The van der Waals surface area contributed by atoms with Gasteiger partial charge in [0.25, 0.3) is 0 Å². The van der Waals surface area contributed by atoms with Crippen molar-refractivity contribution in [2.24, 2.45) is 17.8 Å². The first kappa shape index (κ1) is 24.5. The largest absolute Gasteiger partial charge is 0.256 e. The fourth-order valence-electron chi connectivity index (χ4n) is 6.75. The maximum absolute atomic E-state index is 4.90. The predicted octanol–water partition coefficient (Wildman–Crippen LogP) is 9.56. The summed E-state index contributed by atoms with van der Waals surface area (Å²) in [4.78, 5) is 4.90. The molecule has 1 aromatic heterocycles. The molecule has 4 aromatic rings. The monoisotopic (exact) mass is 451 g/mol. The minimum Gasteiger partial charge on any atom is -0.256 e. The third-order valence-electron chi connectivity index (χ3n) is 8.07. The molecule has 0 aliphatic heterocycles. The van der Waals surface area contributed by atoms with Crippen LogP contribution in [0.1, 0.15) is 73.4 Å². The highest BCUT2D eigenvalue weighted by Gasteiger charge is 2.41. The van der Waals surface area contributed by atoms with Gasteiger partial charge in [0.2, 0.25) is 0 Å². The first-order valence-electron chi connectivity index (χ1n) is 12.9. The van der Waals surface area contributed by atoms with E-state index >= 15 is 0 Å². The first-order valence-corrected chi connectivity index (χ1v) is 12.9. The fourth-order valence-corrected chi connectivity index (χ4v) is 6.75. The average Bonchev–Trinajstić information content (AvgIpc) is 2.76. The Kier molecular flexibility index (Phi) is 6.36. The number of nitrogens with zero attached hydrogens (tertiary/aromatic N) is 1. The van der Waals surface area contributed by atoms with Crippen molar-refractivity contribution in [1.29, 1.82) is 0 Å². The third kappa shape index (κ3) is 3.94. The summed E-state index contributed by atoms with van der Waals surface area (Å²) in [5.74, 6) is 1.67. The van der Waals surface area contributed by atoms with Crippen molar-refractivity contribution in [2.45, 2.75) is 73.1 Å². The van der Waals surface area contributed by atoms with Gasteiger partial charge in [-0.25, -0.2) is 0 Å². The molecule has 0 aliphatic rings. The van der Waals surface area contributed by atoms with Crippen LogP contribution in [0.5, 0.6) is 0 Å². The summed E-state index contributed by atoms with van der Waals surface area (Å²) in [7, 11) is 0. The van der Waals surface area contributed by atoms with E-state index in [1.165, 1.54) is 38.2 Å². The lowest BCUT2D eigenvalue weighted by atomic mass is 9.58. The molecule has 0 spiro atoms. The number of pyridine rings is 1. The third-order valence-corrected chi connectivity index (χ3v) is 8.07. The number of rotatable bonds is 5. The molecule has 0 radical (unpaired) electrons. The molecule has 1 nitrogen and oxygen atoms in total. The normalized spacial score (nSPS) is 13.1. The lowest BCUT2D eigenvalue weighted by molar-refractivity contribution is 0.148. The molecule has 1 heterocycles. The summed E-state index contributed by atoms with van der Waals surface area (Å²) in [5, 5.41) is 5.11. The van der Waals surface area contributed by atoms with Crippen LogP contribution < -0.4 is 0 Å². The lowest BCUT2D eigenvalue weighted by Crippen LogP contribution is -2.42. The summed E-state index contributed by atoms with van der Waals surface area (Å²) in [6.45, 7) is 21.2. The summed E-state index contributed by atoms with van der Waals surface area (Å²) in [6.07, 6.45) is 1.98. The molecule has 0 saturated heterocycles. The Morgan fingerprint density at radius 2 is 1.26 bits per heavy atom. The van der Waals surface area contributed by atoms with Crippen molar-refractivity contribution >= 4 is 21.5 Å². The van der Waals surface area contributed by atoms with Gasteiger partial charge in [0.15, 0.2) is 0 Å². The fraction of sp³-hybridized carbons (Fsp3) is 0.424. The van der Waals surface area contributed by atoms with Crippen molar-refractivity contribution in [1.82, 2.24) is 4.98 Å². The molecule has 1 heteroatoms. The van der Waals surface area contributed by atoms with E-state index in [-0.39, 0.29) is 10.8 Å². The second-order valence-electron chi connectivity index (χ2n) is 12.0. The van der Waals surface area contributed by atoms with Gasteiger partial charge in [-0.15, -0.1) is 0 Å². The van der Waals surface area contributed by atoms with Crippen LogP contribution in [0, 0.1) is 17.8 Å². The van der Waals surface area contributed by atoms with Crippen molar-refractivity contribution < 1.29 is 0 Å². The van der Waals surface area contributed by atoms with Gasteiger partial charge in [-0.3, -0.25) is 4.98 Å². The Labute approximate surface area is 206 Å². The quantitative estimate of drug-likeness (QED) is 0.294. The average molecular weight is 452 g/mol. The molecule has 0 saturated carbocycles. The van der Waals surface area contributed by atoms with E-state index in [4.69, 9.17) is 4.98 Å². The Morgan fingerprint density at radius 1 is 0.647 bits per heavy atom. The topological polar surface area (TPSA) is 12.9 Å². The van der Waals surface area contributed by atoms with E-state index in [0.717, 1.165) is 5.69 Å². The van der Waals surface area contributed by atoms with Gasteiger partial charge in [-0.1, -0.05) is 105 Å². The maximum Gasteiger partial charge on any atom is 0.0780 e. The van der Waals surface area contributed by atoms with Gasteiger partial charge in [-0.2, -0.15) is 0 Å². The smallest absolute Gasteiger partial charge is 0.0780 e. The van der Waals surface area contributed by atoms with Crippen molar-refractivity contribution in [2.75, 3.05) is 0 Å². The molecular formula is C33H41N. The molecule has 0 fully saturated rings. The summed E-state index contributed by atoms with van der Waals surface area (Å²) in [5.41, 5.74) is 5.29. The zero-order valence-electron chi connectivity index (χ0n) is 22.5. The second-order valence-corrected chi connectivity index (χ2v) is 12.0. The van der Waals surface area contributed by atoms with Gasteiger partial charge >= 0.3 is 0 Å². The van der Waals surface area contributed by atoms with Crippen LogP contribution in [0.15, 0.2) is 66.9 Å². The number of aromatic nitrogens is 1. The first-order chi connectivity index (χ1) is 16.0. The van der Waals surface area contributed by atoms with Gasteiger partial charge in [0, 0.05) is 22.6 Å². The molecule has 0 aliphatic carbocycles. The molecule has 0 N–H and O–H groups in total. The van der Waals surface area contributed by atoms with Crippen LogP contribution in [-0.2, 0) is 10.8 Å². The van der Waals surface area contributed by atoms with E-state index in [1.807, 2.05) is 6.20 Å². The van der Waals surface area contributed by atoms with Crippen LogP contribution in [-0.4, -0.2) is 4.98 Å². The van der Waals surface area contributed by atoms with Crippen LogP contribution in [0.3, 0.4) is 0 Å². The Balaban J connectivity index is 1.96. The molecule has 3 aromatic carbocycles. The van der Waals surface area contributed by atoms with E-state index in [0.29, 0.717) is 17.8 Å². The van der Waals surface area contributed by atoms with Crippen LogP contribution in [0.2, 0.25) is 0 Å². The van der Waals surface area contributed by atoms with Gasteiger partial charge < -0.3 is 0 Å². The van der Waals surface area contributed by atoms with E-state index < -0.39 is 0 Å². The molecule has 0 unspecified atom stereocenters. The molecule has 0 atom stereocenters. The summed E-state index contributed by atoms with van der Waals surface area (Å²) < 4.78 is 0. The van der Waals surface area contributed by atoms with Gasteiger partial charge in [-0.05, 0) is 68.7 Å². The number of benzene rings is 3.